The molecule has 1 heterocycles. The van der Waals surface area contributed by atoms with E-state index in [1.54, 1.807) is 0 Å². The number of aliphatic hydroxyl groups excluding tert-OH is 1. The first kappa shape index (κ1) is 19.3. The summed E-state index contributed by atoms with van der Waals surface area (Å²) in [7, 11) is 1.12. The first-order valence-corrected chi connectivity index (χ1v) is 7.45. The lowest BCUT2D eigenvalue weighted by molar-refractivity contribution is -0.206. The third-order valence-electron chi connectivity index (χ3n) is 3.54. The molecule has 2 unspecified atom stereocenters. The minimum absolute atomic E-state index is 0.337. The molecule has 0 radical (unpaired) electrons. The molecule has 0 bridgehead atoms. The van der Waals surface area contributed by atoms with E-state index >= 15 is 0 Å². The molecule has 138 valence electrons. The largest absolute Gasteiger partial charge is 0.468 e. The second kappa shape index (κ2) is 7.46. The Labute approximate surface area is 145 Å². The number of nitrogens with one attached hydrogen (secondary N) is 1. The van der Waals surface area contributed by atoms with Gasteiger partial charge in [-0.25, -0.2) is 5.01 Å². The standard InChI is InChI=1S/C14H15ClF3N3O4/c1-25-12(23)7-20-13(24)10(6-11(22)14(16,17)18)21(19-20)9-4-2-8(15)3-5-9/h2-5,10-11,19,22H,6-7H2,1H3. The lowest BCUT2D eigenvalue weighted by Gasteiger charge is -2.26. The fourth-order valence-electron chi connectivity index (χ4n) is 2.24. The molecule has 1 amide bonds. The normalized spacial score (nSPS) is 19.3. The Balaban J connectivity index is 2.27. The van der Waals surface area contributed by atoms with E-state index < -0.39 is 43.2 Å². The van der Waals surface area contributed by atoms with Crippen molar-refractivity contribution in [2.24, 2.45) is 0 Å². The maximum Gasteiger partial charge on any atom is 0.414 e. The number of anilines is 1. The van der Waals surface area contributed by atoms with Crippen LogP contribution in [0.25, 0.3) is 0 Å². The van der Waals surface area contributed by atoms with Crippen molar-refractivity contribution >= 4 is 29.2 Å². The summed E-state index contributed by atoms with van der Waals surface area (Å²) in [5.41, 5.74) is 2.88. The molecule has 1 aromatic rings. The van der Waals surface area contributed by atoms with Crippen LogP contribution in [0.1, 0.15) is 6.42 Å². The smallest absolute Gasteiger partial charge is 0.414 e. The predicted octanol–water partition coefficient (Wildman–Crippen LogP) is 1.26. The number of nitrogens with zero attached hydrogens (tertiary/aromatic N) is 2. The summed E-state index contributed by atoms with van der Waals surface area (Å²) < 4.78 is 42.5. The molecular formula is C14H15ClF3N3O4. The first-order chi connectivity index (χ1) is 11.6. The number of carbonyl (C=O) groups excluding carboxylic acids is 2. The van der Waals surface area contributed by atoms with E-state index in [1.807, 2.05) is 0 Å². The third kappa shape index (κ3) is 4.53. The van der Waals surface area contributed by atoms with Crippen LogP contribution in [0, 0.1) is 0 Å². The van der Waals surface area contributed by atoms with Gasteiger partial charge in [-0.2, -0.15) is 13.2 Å². The molecule has 2 N–H and O–H groups in total. The number of benzene rings is 1. The van der Waals surface area contributed by atoms with E-state index in [9.17, 15) is 27.9 Å². The molecule has 2 atom stereocenters. The lowest BCUT2D eigenvalue weighted by Crippen LogP contribution is -2.45. The van der Waals surface area contributed by atoms with Gasteiger partial charge in [-0.15, -0.1) is 5.53 Å². The van der Waals surface area contributed by atoms with Gasteiger partial charge in [0.15, 0.2) is 6.10 Å². The fourth-order valence-corrected chi connectivity index (χ4v) is 2.36. The van der Waals surface area contributed by atoms with Gasteiger partial charge in [-0.3, -0.25) is 14.6 Å². The van der Waals surface area contributed by atoms with Crippen molar-refractivity contribution in [2.75, 3.05) is 18.7 Å². The van der Waals surface area contributed by atoms with Crippen LogP contribution in [-0.4, -0.2) is 54.0 Å². The second-order valence-corrected chi connectivity index (χ2v) is 5.69. The van der Waals surface area contributed by atoms with Crippen molar-refractivity contribution in [3.63, 3.8) is 0 Å². The molecule has 0 spiro atoms. The minimum Gasteiger partial charge on any atom is -0.468 e. The Morgan fingerprint density at radius 3 is 2.52 bits per heavy atom. The van der Waals surface area contributed by atoms with Crippen molar-refractivity contribution < 1.29 is 32.6 Å². The van der Waals surface area contributed by atoms with Crippen LogP contribution in [0.4, 0.5) is 18.9 Å². The summed E-state index contributed by atoms with van der Waals surface area (Å²) in [4.78, 5) is 23.7. The summed E-state index contributed by atoms with van der Waals surface area (Å²) >= 11 is 5.78. The molecule has 1 aliphatic heterocycles. The highest BCUT2D eigenvalue weighted by molar-refractivity contribution is 6.30. The van der Waals surface area contributed by atoms with Gasteiger partial charge in [0, 0.05) is 11.4 Å². The predicted molar refractivity (Wildman–Crippen MR) is 81.3 cm³/mol. The number of hydrogen-bond donors (Lipinski definition) is 2. The van der Waals surface area contributed by atoms with Gasteiger partial charge < -0.3 is 9.84 Å². The molecule has 7 nitrogen and oxygen atoms in total. The van der Waals surface area contributed by atoms with Gasteiger partial charge in [0.1, 0.15) is 12.6 Å². The number of aliphatic hydroxyl groups is 1. The highest BCUT2D eigenvalue weighted by atomic mass is 35.5. The van der Waals surface area contributed by atoms with E-state index in [0.717, 1.165) is 17.1 Å². The van der Waals surface area contributed by atoms with Crippen LogP contribution < -0.4 is 10.5 Å². The van der Waals surface area contributed by atoms with E-state index in [0.29, 0.717) is 10.7 Å². The number of carbonyl (C=O) groups is 2. The molecule has 2 rings (SSSR count). The number of methoxy groups -OCH3 is 1. The summed E-state index contributed by atoms with van der Waals surface area (Å²) in [5, 5.41) is 11.7. The van der Waals surface area contributed by atoms with Gasteiger partial charge >= 0.3 is 12.1 Å². The molecule has 1 saturated heterocycles. The second-order valence-electron chi connectivity index (χ2n) is 5.26. The van der Waals surface area contributed by atoms with Crippen molar-refractivity contribution in [2.45, 2.75) is 24.7 Å². The van der Waals surface area contributed by atoms with Crippen molar-refractivity contribution in [3.8, 4) is 0 Å². The Bertz CT molecular complexity index is 641. The van der Waals surface area contributed by atoms with Crippen LogP contribution in [-0.2, 0) is 14.3 Å². The highest BCUT2D eigenvalue weighted by Gasteiger charge is 2.46. The van der Waals surface area contributed by atoms with Crippen molar-refractivity contribution in [1.82, 2.24) is 10.5 Å². The average Bonchev–Trinajstić information content (AvgIpc) is 2.84. The summed E-state index contributed by atoms with van der Waals surface area (Å²) in [6.07, 6.45) is -8.48. The SMILES string of the molecule is COC(=O)CN1NN(c2ccc(Cl)cc2)C(CC(O)C(F)(F)F)C1=O. The van der Waals surface area contributed by atoms with Gasteiger partial charge in [0.25, 0.3) is 5.91 Å². The minimum atomic E-state index is -4.87. The Morgan fingerprint density at radius 2 is 2.00 bits per heavy atom. The molecular weight excluding hydrogens is 367 g/mol. The van der Waals surface area contributed by atoms with E-state index in [-0.39, 0.29) is 0 Å². The number of hydrazine groups is 2. The van der Waals surface area contributed by atoms with Gasteiger partial charge in [0.05, 0.1) is 12.8 Å². The number of ether oxygens (including phenoxy) is 1. The van der Waals surface area contributed by atoms with Gasteiger partial charge in [0.2, 0.25) is 0 Å². The maximum atomic E-state index is 12.7. The van der Waals surface area contributed by atoms with Gasteiger partial charge in [-0.05, 0) is 24.3 Å². The molecule has 0 aromatic heterocycles. The van der Waals surface area contributed by atoms with Crippen LogP contribution >= 0.6 is 11.6 Å². The first-order valence-electron chi connectivity index (χ1n) is 7.07. The van der Waals surface area contributed by atoms with Gasteiger partial charge in [-0.1, -0.05) is 11.6 Å². The van der Waals surface area contributed by atoms with E-state index in [2.05, 4.69) is 10.3 Å². The molecule has 11 heteroatoms. The zero-order valence-corrected chi connectivity index (χ0v) is 13.7. The number of hydrogen-bond acceptors (Lipinski definition) is 6. The zero-order valence-electron chi connectivity index (χ0n) is 13.0. The molecule has 1 aromatic carbocycles. The fraction of sp³-hybridized carbons (Fsp3) is 0.429. The summed E-state index contributed by atoms with van der Waals surface area (Å²) in [6, 6.07) is 4.57. The average molecular weight is 382 g/mol. The van der Waals surface area contributed by atoms with E-state index in [1.165, 1.54) is 24.3 Å². The Morgan fingerprint density at radius 1 is 1.40 bits per heavy atom. The lowest BCUT2D eigenvalue weighted by atomic mass is 10.1. The van der Waals surface area contributed by atoms with Crippen LogP contribution in [0.15, 0.2) is 24.3 Å². The van der Waals surface area contributed by atoms with Crippen molar-refractivity contribution in [1.29, 1.82) is 0 Å². The monoisotopic (exact) mass is 381 g/mol. The van der Waals surface area contributed by atoms with Crippen LogP contribution in [0.3, 0.4) is 0 Å². The molecule has 0 aliphatic carbocycles. The number of esters is 1. The van der Waals surface area contributed by atoms with Crippen LogP contribution in [0.5, 0.6) is 0 Å². The molecule has 25 heavy (non-hydrogen) atoms. The number of amides is 1. The maximum absolute atomic E-state index is 12.7. The summed E-state index contributed by atoms with van der Waals surface area (Å²) in [5.74, 6) is -1.56. The number of alkyl halides is 3. The molecule has 1 fully saturated rings. The quantitative estimate of drug-likeness (QED) is 0.747. The third-order valence-corrected chi connectivity index (χ3v) is 3.79. The highest BCUT2D eigenvalue weighted by Crippen LogP contribution is 2.29. The summed E-state index contributed by atoms with van der Waals surface area (Å²) in [6.45, 7) is -0.502. The van der Waals surface area contributed by atoms with Crippen molar-refractivity contribution in [3.05, 3.63) is 29.3 Å². The zero-order chi connectivity index (χ0) is 18.8. The van der Waals surface area contributed by atoms with E-state index in [4.69, 9.17) is 11.6 Å². The van der Waals surface area contributed by atoms with Crippen LogP contribution in [0.2, 0.25) is 5.02 Å². The number of halogens is 4. The number of rotatable bonds is 5. The molecule has 1 aliphatic rings. The topological polar surface area (TPSA) is 82.1 Å². The molecule has 0 saturated carbocycles. The Hall–Kier alpha value is -2.04. The Kier molecular flexibility index (Phi) is 5.76.